The molecule has 3 N–H and O–H groups in total. The van der Waals surface area contributed by atoms with E-state index in [2.05, 4.69) is 16.0 Å². The number of esters is 1. The number of halogens is 3. The molecule has 0 aliphatic carbocycles. The van der Waals surface area contributed by atoms with Crippen LogP contribution >= 0.6 is 11.6 Å². The van der Waals surface area contributed by atoms with Gasteiger partial charge >= 0.3 is 5.97 Å². The Bertz CT molecular complexity index is 1380. The summed E-state index contributed by atoms with van der Waals surface area (Å²) in [6, 6.07) is 9.25. The topological polar surface area (TPSA) is 143 Å². The first-order valence-electron chi connectivity index (χ1n) is 13.0. The molecule has 2 aliphatic rings. The van der Waals surface area contributed by atoms with Crippen molar-refractivity contribution < 1.29 is 42.2 Å². The fraction of sp³-hybridized carbons (Fsp3) is 0.393. The summed E-state index contributed by atoms with van der Waals surface area (Å²) in [5.41, 5.74) is 1.13. The average molecular weight is 607 g/mol. The van der Waals surface area contributed by atoms with Crippen LogP contribution in [-0.4, -0.2) is 71.4 Å². The molecule has 0 bridgehead atoms. The number of hydrogen-bond acceptors (Lipinski definition) is 7. The largest absolute Gasteiger partial charge is 0.433 e. The van der Waals surface area contributed by atoms with E-state index in [1.807, 2.05) is 6.07 Å². The first kappa shape index (κ1) is 30.8. The number of ether oxygens (including phenoxy) is 2. The van der Waals surface area contributed by atoms with Crippen molar-refractivity contribution in [3.05, 3.63) is 64.7 Å². The lowest BCUT2D eigenvalue weighted by Crippen LogP contribution is -2.54. The quantitative estimate of drug-likeness (QED) is 0.372. The molecule has 14 heteroatoms. The molecule has 2 saturated heterocycles. The number of benzene rings is 2. The molecule has 4 atom stereocenters. The molecule has 3 unspecified atom stereocenters. The number of carbonyl (C=O) groups excluding carboxylic acids is 5. The van der Waals surface area contributed by atoms with Gasteiger partial charge < -0.3 is 30.3 Å². The molecule has 2 aromatic carbocycles. The summed E-state index contributed by atoms with van der Waals surface area (Å²) in [5.74, 6) is -6.90. The minimum atomic E-state index is -3.36. The van der Waals surface area contributed by atoms with Gasteiger partial charge in [0.05, 0.1) is 30.3 Å². The van der Waals surface area contributed by atoms with Crippen LogP contribution in [0.5, 0.6) is 0 Å². The maximum atomic E-state index is 14.5. The highest BCUT2D eigenvalue weighted by Crippen LogP contribution is 2.33. The number of hydrogen-bond donors (Lipinski definition) is 3. The monoisotopic (exact) mass is 606 g/mol. The summed E-state index contributed by atoms with van der Waals surface area (Å²) >= 11 is 6.11. The predicted molar refractivity (Wildman–Crippen MR) is 145 cm³/mol. The number of nitrogens with zero attached hydrogens (tertiary/aromatic N) is 1. The summed E-state index contributed by atoms with van der Waals surface area (Å²) in [5, 5.41) is 7.52. The van der Waals surface area contributed by atoms with Gasteiger partial charge in [0.2, 0.25) is 24.0 Å². The lowest BCUT2D eigenvalue weighted by molar-refractivity contribution is -0.168. The van der Waals surface area contributed by atoms with Crippen molar-refractivity contribution in [2.24, 2.45) is 0 Å². The average Bonchev–Trinajstić information content (AvgIpc) is 3.45. The highest BCUT2D eigenvalue weighted by molar-refractivity contribution is 6.34. The van der Waals surface area contributed by atoms with E-state index in [1.165, 1.54) is 32.0 Å². The first-order chi connectivity index (χ1) is 19.8. The third kappa shape index (κ3) is 7.59. The van der Waals surface area contributed by atoms with E-state index in [0.29, 0.717) is 4.90 Å². The second-order valence-corrected chi connectivity index (χ2v) is 10.5. The van der Waals surface area contributed by atoms with Gasteiger partial charge in [-0.2, -0.15) is 0 Å². The minimum absolute atomic E-state index is 0.0576. The minimum Gasteiger partial charge on any atom is -0.433 e. The van der Waals surface area contributed by atoms with Gasteiger partial charge in [0.1, 0.15) is 18.1 Å². The Morgan fingerprint density at radius 1 is 1.17 bits per heavy atom. The van der Waals surface area contributed by atoms with E-state index in [-0.39, 0.29) is 35.2 Å². The normalized spacial score (nSPS) is 21.8. The third-order valence-electron chi connectivity index (χ3n) is 6.66. The molecule has 4 rings (SSSR count). The Morgan fingerprint density at radius 3 is 2.55 bits per heavy atom. The number of carbonyl (C=O) groups is 5. The molecule has 0 spiro atoms. The van der Waals surface area contributed by atoms with Gasteiger partial charge in [-0.3, -0.25) is 24.0 Å². The second-order valence-electron chi connectivity index (χ2n) is 10.1. The number of rotatable bonds is 9. The Kier molecular flexibility index (Phi) is 9.42. The maximum Gasteiger partial charge on any atom is 0.310 e. The molecule has 224 valence electrons. The molecule has 2 heterocycles. The van der Waals surface area contributed by atoms with Gasteiger partial charge in [0.25, 0.3) is 11.8 Å². The predicted octanol–water partition coefficient (Wildman–Crippen LogP) is 2.63. The Hall–Kier alpha value is -4.10. The molecule has 2 aromatic rings. The molecule has 0 radical (unpaired) electrons. The highest BCUT2D eigenvalue weighted by Gasteiger charge is 2.51. The summed E-state index contributed by atoms with van der Waals surface area (Å²) in [4.78, 5) is 63.0. The molecular formula is C28H29ClF2N4O7. The van der Waals surface area contributed by atoms with E-state index in [9.17, 15) is 32.8 Å². The van der Waals surface area contributed by atoms with Crippen LogP contribution in [0.3, 0.4) is 0 Å². The summed E-state index contributed by atoms with van der Waals surface area (Å²) in [6.07, 6.45) is -2.32. The van der Waals surface area contributed by atoms with E-state index in [4.69, 9.17) is 21.1 Å². The van der Waals surface area contributed by atoms with Crippen LogP contribution in [-0.2, 0) is 35.3 Å². The fourth-order valence-electron chi connectivity index (χ4n) is 4.66. The van der Waals surface area contributed by atoms with Crippen molar-refractivity contribution in [3.63, 3.8) is 0 Å². The van der Waals surface area contributed by atoms with Crippen LogP contribution in [0.4, 0.5) is 14.5 Å². The number of likely N-dealkylation sites (tertiary alicyclic amines) is 1. The second kappa shape index (κ2) is 12.8. The third-order valence-corrected chi connectivity index (χ3v) is 6.98. The van der Waals surface area contributed by atoms with Crippen molar-refractivity contribution in [2.75, 3.05) is 11.9 Å². The molecule has 11 nitrogen and oxygen atoms in total. The number of nitrogens with one attached hydrogen (secondary N) is 3. The van der Waals surface area contributed by atoms with E-state index >= 15 is 0 Å². The lowest BCUT2D eigenvalue weighted by Gasteiger charge is -2.28. The summed E-state index contributed by atoms with van der Waals surface area (Å²) in [7, 11) is 0. The van der Waals surface area contributed by atoms with E-state index in [1.54, 1.807) is 24.3 Å². The van der Waals surface area contributed by atoms with Crippen LogP contribution in [0.1, 0.15) is 42.6 Å². The van der Waals surface area contributed by atoms with E-state index in [0.717, 1.165) is 5.56 Å². The van der Waals surface area contributed by atoms with Gasteiger partial charge in [-0.25, -0.2) is 8.78 Å². The zero-order valence-corrected chi connectivity index (χ0v) is 23.5. The summed E-state index contributed by atoms with van der Waals surface area (Å²) in [6.45, 7) is 1.64. The Balaban J connectivity index is 1.40. The summed E-state index contributed by atoms with van der Waals surface area (Å²) < 4.78 is 39.8. The maximum absolute atomic E-state index is 14.5. The van der Waals surface area contributed by atoms with Crippen molar-refractivity contribution in [3.8, 4) is 0 Å². The molecule has 2 fully saturated rings. The molecule has 2 aliphatic heterocycles. The molecular weight excluding hydrogens is 578 g/mol. The number of alkyl halides is 2. The molecule has 0 saturated carbocycles. The van der Waals surface area contributed by atoms with Crippen LogP contribution in [0, 0.1) is 0 Å². The standard InChI is InChI=1S/C28H29ClF2N4O7/c1-15(32-24(38)18-8-9-20(19(29)10-18)33-16(2)36)26(40)35-14-28(30,31)12-22(35)25(39)34-21-11-23(37)42-27(21)41-13-17-6-4-3-5-7-17/h3-10,15,21-22,27H,11-14H2,1-2H3,(H,32,38)(H,33,36)(H,34,39)/t15?,21-,22?,27?/m0/s1. The highest BCUT2D eigenvalue weighted by atomic mass is 35.5. The molecule has 4 amide bonds. The molecule has 42 heavy (non-hydrogen) atoms. The zero-order valence-electron chi connectivity index (χ0n) is 22.7. The van der Waals surface area contributed by atoms with Crippen molar-refractivity contribution in [2.45, 2.75) is 63.6 Å². The first-order valence-corrected chi connectivity index (χ1v) is 13.4. The van der Waals surface area contributed by atoms with Crippen LogP contribution in [0.25, 0.3) is 0 Å². The van der Waals surface area contributed by atoms with Crippen LogP contribution in [0.15, 0.2) is 48.5 Å². The number of amides is 4. The lowest BCUT2D eigenvalue weighted by atomic mass is 10.1. The molecule has 0 aromatic heterocycles. The van der Waals surface area contributed by atoms with Crippen LogP contribution < -0.4 is 16.0 Å². The van der Waals surface area contributed by atoms with Gasteiger partial charge in [-0.05, 0) is 30.7 Å². The Morgan fingerprint density at radius 2 is 1.88 bits per heavy atom. The SMILES string of the molecule is CC(=O)Nc1ccc(C(=O)NC(C)C(=O)N2CC(F)(F)CC2C(=O)N[C@H]2CC(=O)OC2OCc2ccccc2)cc1Cl. The van der Waals surface area contributed by atoms with E-state index < -0.39 is 67.0 Å². The zero-order chi connectivity index (χ0) is 30.6. The van der Waals surface area contributed by atoms with Crippen molar-refractivity contribution in [1.82, 2.24) is 15.5 Å². The van der Waals surface area contributed by atoms with Crippen LogP contribution in [0.2, 0.25) is 5.02 Å². The van der Waals surface area contributed by atoms with Crippen molar-refractivity contribution >= 4 is 46.9 Å². The fourth-order valence-corrected chi connectivity index (χ4v) is 4.88. The Labute approximate surface area is 244 Å². The van der Waals surface area contributed by atoms with Gasteiger partial charge in [0.15, 0.2) is 0 Å². The van der Waals surface area contributed by atoms with Gasteiger partial charge in [-0.15, -0.1) is 0 Å². The van der Waals surface area contributed by atoms with Crippen molar-refractivity contribution in [1.29, 1.82) is 0 Å². The van der Waals surface area contributed by atoms with Gasteiger partial charge in [-0.1, -0.05) is 41.9 Å². The number of cyclic esters (lactones) is 1. The van der Waals surface area contributed by atoms with Gasteiger partial charge in [0, 0.05) is 18.9 Å². The number of anilines is 1. The smallest absolute Gasteiger partial charge is 0.310 e.